The van der Waals surface area contributed by atoms with Crippen LogP contribution >= 0.6 is 0 Å². The molecule has 9 nitrogen and oxygen atoms in total. The number of nitrogens with one attached hydrogen (secondary N) is 2. The maximum atomic E-state index is 12.3. The summed E-state index contributed by atoms with van der Waals surface area (Å²) in [5.41, 5.74) is 4.53. The van der Waals surface area contributed by atoms with Gasteiger partial charge < -0.3 is 29.6 Å². The van der Waals surface area contributed by atoms with Crippen LogP contribution in [0.15, 0.2) is 65.1 Å². The number of carboxylic acid groups (broad SMARTS) is 1. The van der Waals surface area contributed by atoms with E-state index in [2.05, 4.69) is 22.8 Å². The molecule has 4 rings (SSSR count). The number of ether oxygens (including phenoxy) is 2. The van der Waals surface area contributed by atoms with E-state index in [4.69, 9.17) is 13.9 Å². The highest BCUT2D eigenvalue weighted by Gasteiger charge is 2.29. The molecule has 0 aliphatic heterocycles. The van der Waals surface area contributed by atoms with Crippen molar-refractivity contribution in [3.05, 3.63) is 83.3 Å². The Hall–Kier alpha value is -4.11. The first-order valence-corrected chi connectivity index (χ1v) is 11.2. The lowest BCUT2D eigenvalue weighted by Gasteiger charge is -2.14. The zero-order chi connectivity index (χ0) is 24.8. The van der Waals surface area contributed by atoms with Crippen LogP contribution in [0.3, 0.4) is 0 Å². The van der Waals surface area contributed by atoms with Gasteiger partial charge in [-0.05, 0) is 34.4 Å². The molecule has 1 heterocycles. The summed E-state index contributed by atoms with van der Waals surface area (Å²) in [6, 6.07) is 18.0. The Morgan fingerprint density at radius 1 is 1.00 bits per heavy atom. The SMILES string of the molecule is COCCC(NC(=O)c1ccc(CNC(=O)OCC2c3ccccc3-c3ccccc32)o1)C(=O)O. The monoisotopic (exact) mass is 478 g/mol. The molecule has 0 fully saturated rings. The van der Waals surface area contributed by atoms with Gasteiger partial charge in [0, 0.05) is 26.1 Å². The molecule has 2 amide bonds. The smallest absolute Gasteiger partial charge is 0.407 e. The highest BCUT2D eigenvalue weighted by molar-refractivity contribution is 5.94. The van der Waals surface area contributed by atoms with Gasteiger partial charge in [-0.2, -0.15) is 0 Å². The van der Waals surface area contributed by atoms with Crippen LogP contribution in [0, 0.1) is 0 Å². The highest BCUT2D eigenvalue weighted by atomic mass is 16.5. The molecule has 0 saturated heterocycles. The van der Waals surface area contributed by atoms with Crippen LogP contribution in [0.5, 0.6) is 0 Å². The number of amides is 2. The summed E-state index contributed by atoms with van der Waals surface area (Å²) >= 11 is 0. The third-order valence-corrected chi connectivity index (χ3v) is 5.85. The van der Waals surface area contributed by atoms with E-state index in [1.807, 2.05) is 36.4 Å². The summed E-state index contributed by atoms with van der Waals surface area (Å²) in [5, 5.41) is 14.2. The van der Waals surface area contributed by atoms with Crippen LogP contribution in [0.25, 0.3) is 11.1 Å². The van der Waals surface area contributed by atoms with Gasteiger partial charge in [0.05, 0.1) is 6.54 Å². The highest BCUT2D eigenvalue weighted by Crippen LogP contribution is 2.44. The Balaban J connectivity index is 1.29. The zero-order valence-corrected chi connectivity index (χ0v) is 19.2. The van der Waals surface area contributed by atoms with Gasteiger partial charge in [0.2, 0.25) is 0 Å². The summed E-state index contributed by atoms with van der Waals surface area (Å²) < 4.78 is 15.8. The number of furan rings is 1. The van der Waals surface area contributed by atoms with Gasteiger partial charge in [-0.15, -0.1) is 0 Å². The third kappa shape index (κ3) is 5.52. The molecule has 1 atom stereocenters. The maximum Gasteiger partial charge on any atom is 0.407 e. The molecule has 9 heteroatoms. The van der Waals surface area contributed by atoms with Crippen molar-refractivity contribution in [3.63, 3.8) is 0 Å². The number of benzene rings is 2. The van der Waals surface area contributed by atoms with E-state index < -0.39 is 24.0 Å². The lowest BCUT2D eigenvalue weighted by Crippen LogP contribution is -2.41. The minimum atomic E-state index is -1.17. The molecule has 0 spiro atoms. The topological polar surface area (TPSA) is 127 Å². The number of methoxy groups -OCH3 is 1. The summed E-state index contributed by atoms with van der Waals surface area (Å²) in [4.78, 5) is 35.9. The van der Waals surface area contributed by atoms with Gasteiger partial charge in [0.25, 0.3) is 5.91 Å². The maximum absolute atomic E-state index is 12.3. The van der Waals surface area contributed by atoms with Gasteiger partial charge in [0.1, 0.15) is 18.4 Å². The summed E-state index contributed by atoms with van der Waals surface area (Å²) in [6.07, 6.45) is -0.492. The molecular formula is C26H26N2O7. The average molecular weight is 479 g/mol. The van der Waals surface area contributed by atoms with E-state index in [9.17, 15) is 19.5 Å². The summed E-state index contributed by atoms with van der Waals surface area (Å²) in [5.74, 6) is -1.61. The fourth-order valence-corrected chi connectivity index (χ4v) is 4.13. The second kappa shape index (κ2) is 10.9. The van der Waals surface area contributed by atoms with Crippen LogP contribution < -0.4 is 10.6 Å². The lowest BCUT2D eigenvalue weighted by atomic mass is 9.98. The average Bonchev–Trinajstić information content (AvgIpc) is 3.47. The van der Waals surface area contributed by atoms with Crippen molar-refractivity contribution >= 4 is 18.0 Å². The van der Waals surface area contributed by atoms with Gasteiger partial charge in [-0.1, -0.05) is 48.5 Å². The van der Waals surface area contributed by atoms with Crippen LogP contribution in [-0.4, -0.2) is 49.4 Å². The van der Waals surface area contributed by atoms with Crippen molar-refractivity contribution in [2.45, 2.75) is 24.9 Å². The minimum Gasteiger partial charge on any atom is -0.480 e. The molecule has 1 aliphatic carbocycles. The number of carbonyl (C=O) groups is 3. The molecule has 2 aromatic carbocycles. The molecule has 0 bridgehead atoms. The van der Waals surface area contributed by atoms with Crippen molar-refractivity contribution in [3.8, 4) is 11.1 Å². The van der Waals surface area contributed by atoms with Gasteiger partial charge in [0.15, 0.2) is 5.76 Å². The van der Waals surface area contributed by atoms with Crippen molar-refractivity contribution in [1.29, 1.82) is 0 Å². The number of hydrogen-bond donors (Lipinski definition) is 3. The fourth-order valence-electron chi connectivity index (χ4n) is 4.13. The van der Waals surface area contributed by atoms with Gasteiger partial charge in [-0.3, -0.25) is 4.79 Å². The van der Waals surface area contributed by atoms with Crippen molar-refractivity contribution in [2.24, 2.45) is 0 Å². The van der Waals surface area contributed by atoms with E-state index in [1.165, 1.54) is 19.2 Å². The predicted molar refractivity (Wildman–Crippen MR) is 126 cm³/mol. The molecule has 1 unspecified atom stereocenters. The van der Waals surface area contributed by atoms with E-state index in [0.717, 1.165) is 22.3 Å². The zero-order valence-electron chi connectivity index (χ0n) is 19.2. The Labute approximate surface area is 202 Å². The number of carboxylic acids is 1. The first-order valence-electron chi connectivity index (χ1n) is 11.2. The first-order chi connectivity index (χ1) is 17.0. The van der Waals surface area contributed by atoms with E-state index in [0.29, 0.717) is 5.76 Å². The molecule has 3 aromatic rings. The molecule has 0 radical (unpaired) electrons. The molecule has 35 heavy (non-hydrogen) atoms. The number of alkyl carbamates (subject to hydrolysis) is 1. The van der Waals surface area contributed by atoms with Crippen molar-refractivity contribution in [2.75, 3.05) is 20.3 Å². The molecular weight excluding hydrogens is 452 g/mol. The lowest BCUT2D eigenvalue weighted by molar-refractivity contribution is -0.139. The fraction of sp³-hybridized carbons (Fsp3) is 0.269. The van der Waals surface area contributed by atoms with Gasteiger partial charge in [-0.25, -0.2) is 9.59 Å². The Morgan fingerprint density at radius 2 is 1.66 bits per heavy atom. The normalized spacial score (nSPS) is 12.9. The number of fused-ring (bicyclic) bond motifs is 3. The second-order valence-corrected chi connectivity index (χ2v) is 8.09. The number of rotatable bonds is 10. The number of carbonyl (C=O) groups excluding carboxylic acids is 2. The largest absolute Gasteiger partial charge is 0.480 e. The minimum absolute atomic E-state index is 0.00991. The van der Waals surface area contributed by atoms with Crippen molar-refractivity contribution < 1.29 is 33.4 Å². The standard InChI is InChI=1S/C26H26N2O7/c1-33-13-12-22(25(30)31)28-24(29)23-11-10-16(35-23)14-27-26(32)34-15-21-19-8-4-2-6-17(19)18-7-3-5-9-20(18)21/h2-11,21-22H,12-15H2,1H3,(H,27,32)(H,28,29)(H,30,31). The van der Waals surface area contributed by atoms with E-state index in [-0.39, 0.29) is 37.9 Å². The van der Waals surface area contributed by atoms with E-state index in [1.54, 1.807) is 0 Å². The predicted octanol–water partition coefficient (Wildman–Crippen LogP) is 3.54. The van der Waals surface area contributed by atoms with Crippen LogP contribution in [0.4, 0.5) is 4.79 Å². The molecule has 1 aromatic heterocycles. The Morgan fingerprint density at radius 3 is 2.29 bits per heavy atom. The first kappa shape index (κ1) is 24.0. The second-order valence-electron chi connectivity index (χ2n) is 8.09. The van der Waals surface area contributed by atoms with Crippen LogP contribution in [0.2, 0.25) is 0 Å². The van der Waals surface area contributed by atoms with Crippen LogP contribution in [-0.2, 0) is 20.8 Å². The van der Waals surface area contributed by atoms with Gasteiger partial charge >= 0.3 is 12.1 Å². The van der Waals surface area contributed by atoms with Crippen LogP contribution in [0.1, 0.15) is 39.8 Å². The molecule has 1 aliphatic rings. The Kier molecular flexibility index (Phi) is 7.47. The third-order valence-electron chi connectivity index (χ3n) is 5.85. The summed E-state index contributed by atoms with van der Waals surface area (Å²) in [6.45, 7) is 0.379. The summed E-state index contributed by atoms with van der Waals surface area (Å²) in [7, 11) is 1.45. The molecule has 182 valence electrons. The quantitative estimate of drug-likeness (QED) is 0.407. The van der Waals surface area contributed by atoms with E-state index >= 15 is 0 Å². The number of hydrogen-bond acceptors (Lipinski definition) is 6. The molecule has 0 saturated carbocycles. The van der Waals surface area contributed by atoms with Crippen molar-refractivity contribution in [1.82, 2.24) is 10.6 Å². The number of aliphatic carboxylic acids is 1. The molecule has 3 N–H and O–H groups in total. The Bertz CT molecular complexity index is 1170.